The maximum absolute atomic E-state index is 9.32. The van der Waals surface area contributed by atoms with E-state index in [2.05, 4.69) is 12.2 Å². The quantitative estimate of drug-likeness (QED) is 0.861. The number of hydrogen-bond acceptors (Lipinski definition) is 3. The Morgan fingerprint density at radius 3 is 2.78 bits per heavy atom. The molecule has 18 heavy (non-hydrogen) atoms. The molecule has 0 radical (unpaired) electrons. The van der Waals surface area contributed by atoms with Crippen molar-refractivity contribution in [2.24, 2.45) is 5.92 Å². The second kappa shape index (κ2) is 6.10. The number of nitrogens with one attached hydrogen (secondary N) is 1. The molecule has 1 aromatic carbocycles. The lowest BCUT2D eigenvalue weighted by Gasteiger charge is -2.30. The van der Waals surface area contributed by atoms with Gasteiger partial charge in [0.2, 0.25) is 0 Å². The van der Waals surface area contributed by atoms with E-state index < -0.39 is 0 Å². The molecule has 0 saturated heterocycles. The monoisotopic (exact) mass is 249 g/mol. The van der Waals surface area contributed by atoms with Crippen molar-refractivity contribution in [3.63, 3.8) is 0 Å². The first-order chi connectivity index (χ1) is 8.74. The van der Waals surface area contributed by atoms with E-state index in [0.717, 1.165) is 22.9 Å². The molecular formula is C15H23NO2. The average molecular weight is 249 g/mol. The van der Waals surface area contributed by atoms with Crippen LogP contribution in [0.25, 0.3) is 0 Å². The van der Waals surface area contributed by atoms with Gasteiger partial charge >= 0.3 is 0 Å². The second-order valence-electron chi connectivity index (χ2n) is 5.20. The van der Waals surface area contributed by atoms with Crippen LogP contribution in [0.3, 0.4) is 0 Å². The summed E-state index contributed by atoms with van der Waals surface area (Å²) >= 11 is 0. The highest BCUT2D eigenvalue weighted by molar-refractivity contribution is 5.51. The molecule has 1 saturated carbocycles. The Balaban J connectivity index is 2.08. The molecule has 2 atom stereocenters. The third kappa shape index (κ3) is 2.96. The summed E-state index contributed by atoms with van der Waals surface area (Å²) in [6, 6.07) is 6.49. The van der Waals surface area contributed by atoms with E-state index in [1.807, 2.05) is 18.2 Å². The number of methoxy groups -OCH3 is 1. The Morgan fingerprint density at radius 2 is 2.11 bits per heavy atom. The smallest absolute Gasteiger partial charge is 0.124 e. The molecule has 0 spiro atoms. The molecular weight excluding hydrogens is 226 g/mol. The van der Waals surface area contributed by atoms with E-state index in [1.54, 1.807) is 7.11 Å². The van der Waals surface area contributed by atoms with Crippen molar-refractivity contribution >= 4 is 5.69 Å². The van der Waals surface area contributed by atoms with Crippen LogP contribution in [-0.2, 0) is 6.61 Å². The molecule has 0 heterocycles. The summed E-state index contributed by atoms with van der Waals surface area (Å²) in [6.07, 6.45) is 5.21. The van der Waals surface area contributed by atoms with Crippen LogP contribution in [0.4, 0.5) is 5.69 Å². The number of aliphatic hydroxyl groups excluding tert-OH is 1. The number of benzene rings is 1. The number of aliphatic hydroxyl groups is 1. The van der Waals surface area contributed by atoms with E-state index in [1.165, 1.54) is 25.7 Å². The lowest BCUT2D eigenvalue weighted by Crippen LogP contribution is -2.30. The minimum atomic E-state index is 0.0128. The van der Waals surface area contributed by atoms with Crippen LogP contribution in [-0.4, -0.2) is 18.3 Å². The Hall–Kier alpha value is -1.22. The zero-order valence-corrected chi connectivity index (χ0v) is 11.3. The first kappa shape index (κ1) is 13.2. The van der Waals surface area contributed by atoms with E-state index in [4.69, 9.17) is 4.74 Å². The minimum absolute atomic E-state index is 0.0128. The summed E-state index contributed by atoms with van der Waals surface area (Å²) in [5.74, 6) is 1.47. The van der Waals surface area contributed by atoms with Gasteiger partial charge in [0.1, 0.15) is 5.75 Å². The zero-order valence-electron chi connectivity index (χ0n) is 11.3. The number of anilines is 1. The first-order valence-corrected chi connectivity index (χ1v) is 6.79. The molecule has 1 aliphatic carbocycles. The highest BCUT2D eigenvalue weighted by Crippen LogP contribution is 2.29. The van der Waals surface area contributed by atoms with Crippen molar-refractivity contribution in [3.8, 4) is 5.75 Å². The van der Waals surface area contributed by atoms with Crippen molar-refractivity contribution in [2.45, 2.75) is 45.3 Å². The highest BCUT2D eigenvalue weighted by atomic mass is 16.5. The molecule has 2 unspecified atom stereocenters. The molecule has 1 aromatic rings. The summed E-state index contributed by atoms with van der Waals surface area (Å²) < 4.78 is 5.21. The van der Waals surface area contributed by atoms with E-state index in [-0.39, 0.29) is 6.61 Å². The van der Waals surface area contributed by atoms with E-state index in [0.29, 0.717) is 6.04 Å². The van der Waals surface area contributed by atoms with Gasteiger partial charge in [-0.15, -0.1) is 0 Å². The predicted octanol–water partition coefficient (Wildman–Crippen LogP) is 3.18. The maximum Gasteiger partial charge on any atom is 0.124 e. The maximum atomic E-state index is 9.32. The van der Waals surface area contributed by atoms with E-state index >= 15 is 0 Å². The number of rotatable bonds is 4. The van der Waals surface area contributed by atoms with Crippen LogP contribution in [0.1, 0.15) is 38.2 Å². The van der Waals surface area contributed by atoms with Crippen LogP contribution in [0, 0.1) is 5.92 Å². The molecule has 0 bridgehead atoms. The Kier molecular flexibility index (Phi) is 4.48. The number of hydrogen-bond donors (Lipinski definition) is 2. The van der Waals surface area contributed by atoms with Gasteiger partial charge in [0, 0.05) is 17.3 Å². The van der Waals surface area contributed by atoms with E-state index in [9.17, 15) is 5.11 Å². The molecule has 3 nitrogen and oxygen atoms in total. The fourth-order valence-electron chi connectivity index (χ4n) is 2.74. The fourth-order valence-corrected chi connectivity index (χ4v) is 2.74. The minimum Gasteiger partial charge on any atom is -0.496 e. The van der Waals surface area contributed by atoms with Gasteiger partial charge in [-0.25, -0.2) is 0 Å². The Labute approximate surface area is 109 Å². The molecule has 2 rings (SSSR count). The van der Waals surface area contributed by atoms with Crippen LogP contribution >= 0.6 is 0 Å². The van der Waals surface area contributed by atoms with Crippen LogP contribution in [0.15, 0.2) is 18.2 Å². The van der Waals surface area contributed by atoms with Crippen molar-refractivity contribution < 1.29 is 9.84 Å². The summed E-state index contributed by atoms with van der Waals surface area (Å²) in [5.41, 5.74) is 1.92. The van der Waals surface area contributed by atoms with Gasteiger partial charge in [0.25, 0.3) is 0 Å². The number of ether oxygens (including phenoxy) is 1. The summed E-state index contributed by atoms with van der Waals surface area (Å²) in [5, 5.41) is 12.9. The normalized spacial score (nSPS) is 23.7. The summed E-state index contributed by atoms with van der Waals surface area (Å²) in [7, 11) is 1.63. The summed E-state index contributed by atoms with van der Waals surface area (Å²) in [4.78, 5) is 0. The SMILES string of the molecule is COc1ccc(NC2CCCCC2C)cc1CO. The molecule has 0 amide bonds. The third-order valence-electron chi connectivity index (χ3n) is 3.91. The van der Waals surface area contributed by atoms with Crippen molar-refractivity contribution in [3.05, 3.63) is 23.8 Å². The van der Waals surface area contributed by atoms with Gasteiger partial charge in [-0.3, -0.25) is 0 Å². The van der Waals surface area contributed by atoms with Crippen molar-refractivity contribution in [1.29, 1.82) is 0 Å². The van der Waals surface area contributed by atoms with Gasteiger partial charge in [-0.2, -0.15) is 0 Å². The van der Waals surface area contributed by atoms with Crippen molar-refractivity contribution in [1.82, 2.24) is 0 Å². The average Bonchev–Trinajstić information content (AvgIpc) is 2.41. The molecule has 100 valence electrons. The lowest BCUT2D eigenvalue weighted by atomic mass is 9.86. The molecule has 3 heteroatoms. The Bertz CT molecular complexity index is 392. The topological polar surface area (TPSA) is 41.5 Å². The molecule has 1 aliphatic rings. The van der Waals surface area contributed by atoms with Gasteiger partial charge < -0.3 is 15.2 Å². The van der Waals surface area contributed by atoms with Gasteiger partial charge in [-0.05, 0) is 37.0 Å². The van der Waals surface area contributed by atoms with Gasteiger partial charge in [0.05, 0.1) is 13.7 Å². The molecule has 1 fully saturated rings. The first-order valence-electron chi connectivity index (χ1n) is 6.79. The van der Waals surface area contributed by atoms with Crippen LogP contribution in [0.2, 0.25) is 0 Å². The van der Waals surface area contributed by atoms with Gasteiger partial charge in [-0.1, -0.05) is 19.8 Å². The largest absolute Gasteiger partial charge is 0.496 e. The standard InChI is InChI=1S/C15H23NO2/c1-11-5-3-4-6-14(11)16-13-7-8-15(18-2)12(9-13)10-17/h7-9,11,14,16-17H,3-6,10H2,1-2H3. The highest BCUT2D eigenvalue weighted by Gasteiger charge is 2.21. The lowest BCUT2D eigenvalue weighted by molar-refractivity contribution is 0.274. The predicted molar refractivity (Wildman–Crippen MR) is 74.0 cm³/mol. The van der Waals surface area contributed by atoms with Crippen LogP contribution < -0.4 is 10.1 Å². The molecule has 0 aliphatic heterocycles. The van der Waals surface area contributed by atoms with Gasteiger partial charge in [0.15, 0.2) is 0 Å². The van der Waals surface area contributed by atoms with Crippen molar-refractivity contribution in [2.75, 3.05) is 12.4 Å². The fraction of sp³-hybridized carbons (Fsp3) is 0.600. The third-order valence-corrected chi connectivity index (χ3v) is 3.91. The summed E-state index contributed by atoms with van der Waals surface area (Å²) in [6.45, 7) is 2.33. The Morgan fingerprint density at radius 1 is 1.33 bits per heavy atom. The second-order valence-corrected chi connectivity index (χ2v) is 5.20. The van der Waals surface area contributed by atoms with Crippen LogP contribution in [0.5, 0.6) is 5.75 Å². The zero-order chi connectivity index (χ0) is 13.0. The molecule has 0 aromatic heterocycles. The molecule has 2 N–H and O–H groups in total.